The second-order valence-electron chi connectivity index (χ2n) is 5.94. The van der Waals surface area contributed by atoms with Gasteiger partial charge in [-0.3, -0.25) is 0 Å². The van der Waals surface area contributed by atoms with E-state index in [0.29, 0.717) is 0 Å². The van der Waals surface area contributed by atoms with E-state index in [0.717, 1.165) is 17.8 Å². The molecule has 0 amide bonds. The van der Waals surface area contributed by atoms with Crippen molar-refractivity contribution < 1.29 is 0 Å². The normalized spacial score (nSPS) is 27.6. The lowest BCUT2D eigenvalue weighted by atomic mass is 9.94. The van der Waals surface area contributed by atoms with Crippen molar-refractivity contribution >= 4 is 10.0 Å². The Hall–Kier alpha value is 0.350. The van der Waals surface area contributed by atoms with Gasteiger partial charge in [0, 0.05) is 0 Å². The molecule has 0 bridgehead atoms. The molecule has 98 valence electrons. The summed E-state index contributed by atoms with van der Waals surface area (Å²) in [7, 11) is -0.243. The highest BCUT2D eigenvalue weighted by Gasteiger charge is 2.30. The van der Waals surface area contributed by atoms with Crippen LogP contribution in [0.2, 0.25) is 0 Å². The van der Waals surface area contributed by atoms with Gasteiger partial charge in [0.2, 0.25) is 0 Å². The lowest BCUT2D eigenvalue weighted by Gasteiger charge is -2.39. The van der Waals surface area contributed by atoms with E-state index in [2.05, 4.69) is 34.6 Å². The predicted molar refractivity (Wildman–Crippen MR) is 79.8 cm³/mol. The second-order valence-corrected chi connectivity index (χ2v) is 10.5. The summed E-state index contributed by atoms with van der Waals surface area (Å²) in [4.78, 5) is 0. The molecule has 1 rings (SSSR count). The summed E-state index contributed by atoms with van der Waals surface area (Å²) in [5, 5.41) is 0. The first kappa shape index (κ1) is 14.4. The summed E-state index contributed by atoms with van der Waals surface area (Å²) in [6.45, 7) is 12.1. The first-order valence-electron chi connectivity index (χ1n) is 7.31. The van der Waals surface area contributed by atoms with Crippen LogP contribution in [0.1, 0.15) is 53.9 Å². The summed E-state index contributed by atoms with van der Waals surface area (Å²) >= 11 is 0. The fourth-order valence-electron chi connectivity index (χ4n) is 3.34. The van der Waals surface area contributed by atoms with Gasteiger partial charge in [-0.25, -0.2) is 10.0 Å². The molecule has 0 aromatic carbocycles. The average Bonchev–Trinajstić information content (AvgIpc) is 2.74. The van der Waals surface area contributed by atoms with Crippen molar-refractivity contribution in [2.45, 2.75) is 53.9 Å². The summed E-state index contributed by atoms with van der Waals surface area (Å²) in [6.07, 6.45) is 4.57. The first-order chi connectivity index (χ1) is 7.56. The molecule has 0 saturated heterocycles. The van der Waals surface area contributed by atoms with E-state index in [9.17, 15) is 0 Å². The molecule has 0 heterocycles. The van der Waals surface area contributed by atoms with Crippen LogP contribution in [-0.2, 0) is 0 Å². The highest BCUT2D eigenvalue weighted by Crippen LogP contribution is 2.51. The van der Waals surface area contributed by atoms with E-state index in [-0.39, 0.29) is 10.0 Å². The SMILES string of the molecule is CCS(CC)(CC)CC1CCC(C(C)C)C1. The van der Waals surface area contributed by atoms with Crippen molar-refractivity contribution in [2.24, 2.45) is 17.8 Å². The molecule has 0 aromatic rings. The lowest BCUT2D eigenvalue weighted by Crippen LogP contribution is -2.18. The Kier molecular flexibility index (Phi) is 5.70. The third-order valence-corrected chi connectivity index (χ3v) is 9.80. The van der Waals surface area contributed by atoms with Crippen molar-refractivity contribution in [3.05, 3.63) is 0 Å². The zero-order valence-corrected chi connectivity index (χ0v) is 12.9. The van der Waals surface area contributed by atoms with Crippen molar-refractivity contribution in [1.82, 2.24) is 0 Å². The smallest absolute Gasteiger partial charge is 0.0199 e. The van der Waals surface area contributed by atoms with Crippen LogP contribution >= 0.6 is 10.0 Å². The molecule has 0 aromatic heterocycles. The molecular formula is C15H32S. The molecule has 0 aliphatic heterocycles. The highest BCUT2D eigenvalue weighted by atomic mass is 32.3. The van der Waals surface area contributed by atoms with E-state index in [4.69, 9.17) is 0 Å². The van der Waals surface area contributed by atoms with Gasteiger partial charge in [0.25, 0.3) is 0 Å². The largest absolute Gasteiger partial charge is 0.241 e. The highest BCUT2D eigenvalue weighted by molar-refractivity contribution is 8.33. The fourth-order valence-corrected chi connectivity index (χ4v) is 6.57. The van der Waals surface area contributed by atoms with Gasteiger partial charge in [-0.05, 0) is 60.0 Å². The molecule has 2 unspecified atom stereocenters. The van der Waals surface area contributed by atoms with Gasteiger partial charge in [-0.1, -0.05) is 34.6 Å². The number of hydrogen-bond acceptors (Lipinski definition) is 0. The first-order valence-corrected chi connectivity index (χ1v) is 9.61. The van der Waals surface area contributed by atoms with Gasteiger partial charge in [0.1, 0.15) is 0 Å². The van der Waals surface area contributed by atoms with Crippen LogP contribution in [0.5, 0.6) is 0 Å². The maximum Gasteiger partial charge on any atom is -0.0199 e. The Morgan fingerprint density at radius 2 is 1.56 bits per heavy atom. The van der Waals surface area contributed by atoms with Crippen LogP contribution in [0.15, 0.2) is 0 Å². The molecule has 0 radical (unpaired) electrons. The molecule has 0 nitrogen and oxygen atoms in total. The Balaban J connectivity index is 2.48. The standard InChI is InChI=1S/C15H32S/c1-6-16(7-2,8-3)12-14-9-10-15(11-14)13(4)5/h13-15H,6-12H2,1-5H3. The van der Waals surface area contributed by atoms with E-state index < -0.39 is 0 Å². The topological polar surface area (TPSA) is 0 Å². The number of hydrogen-bond donors (Lipinski definition) is 0. The fraction of sp³-hybridized carbons (Fsp3) is 1.00. The Bertz CT molecular complexity index is 185. The van der Waals surface area contributed by atoms with Crippen LogP contribution in [0, 0.1) is 17.8 Å². The van der Waals surface area contributed by atoms with Gasteiger partial charge in [-0.2, -0.15) is 0 Å². The van der Waals surface area contributed by atoms with Gasteiger partial charge in [-0.15, -0.1) is 0 Å². The van der Waals surface area contributed by atoms with E-state index in [1.54, 1.807) is 5.75 Å². The molecule has 1 fully saturated rings. The van der Waals surface area contributed by atoms with Crippen molar-refractivity contribution in [2.75, 3.05) is 23.0 Å². The molecule has 1 saturated carbocycles. The zero-order chi connectivity index (χ0) is 12.2. The maximum absolute atomic E-state index is 2.43. The van der Waals surface area contributed by atoms with Gasteiger partial charge < -0.3 is 0 Å². The Morgan fingerprint density at radius 3 is 1.94 bits per heavy atom. The average molecular weight is 244 g/mol. The van der Waals surface area contributed by atoms with Gasteiger partial charge in [0.05, 0.1) is 0 Å². The third kappa shape index (κ3) is 3.42. The molecule has 1 aliphatic carbocycles. The van der Waals surface area contributed by atoms with E-state index in [1.165, 1.54) is 36.5 Å². The van der Waals surface area contributed by atoms with E-state index >= 15 is 0 Å². The molecule has 1 heteroatoms. The predicted octanol–water partition coefficient (Wildman–Crippen LogP) is 4.92. The molecule has 0 N–H and O–H groups in total. The quantitative estimate of drug-likeness (QED) is 0.622. The van der Waals surface area contributed by atoms with Crippen LogP contribution in [0.25, 0.3) is 0 Å². The molecular weight excluding hydrogens is 212 g/mol. The minimum absolute atomic E-state index is 0.243. The zero-order valence-electron chi connectivity index (χ0n) is 12.1. The third-order valence-electron chi connectivity index (χ3n) is 4.95. The van der Waals surface area contributed by atoms with Crippen molar-refractivity contribution in [3.63, 3.8) is 0 Å². The molecule has 2 atom stereocenters. The Labute approximate surface area is 105 Å². The lowest BCUT2D eigenvalue weighted by molar-refractivity contribution is 0.384. The summed E-state index contributed by atoms with van der Waals surface area (Å²) in [6, 6.07) is 0. The second kappa shape index (κ2) is 6.33. The molecule has 16 heavy (non-hydrogen) atoms. The van der Waals surface area contributed by atoms with Crippen LogP contribution in [0.3, 0.4) is 0 Å². The minimum atomic E-state index is -0.243. The minimum Gasteiger partial charge on any atom is -0.241 e. The van der Waals surface area contributed by atoms with Crippen molar-refractivity contribution in [1.29, 1.82) is 0 Å². The summed E-state index contributed by atoms with van der Waals surface area (Å²) in [5.74, 6) is 8.99. The monoisotopic (exact) mass is 244 g/mol. The van der Waals surface area contributed by atoms with Crippen LogP contribution in [0.4, 0.5) is 0 Å². The summed E-state index contributed by atoms with van der Waals surface area (Å²) < 4.78 is 0. The van der Waals surface area contributed by atoms with Crippen LogP contribution in [-0.4, -0.2) is 23.0 Å². The van der Waals surface area contributed by atoms with E-state index in [1.807, 2.05) is 0 Å². The van der Waals surface area contributed by atoms with Crippen LogP contribution < -0.4 is 0 Å². The van der Waals surface area contributed by atoms with Crippen molar-refractivity contribution in [3.8, 4) is 0 Å². The molecule has 1 aliphatic rings. The molecule has 0 spiro atoms. The number of rotatable bonds is 6. The van der Waals surface area contributed by atoms with Gasteiger partial charge >= 0.3 is 0 Å². The Morgan fingerprint density at radius 1 is 1.00 bits per heavy atom. The van der Waals surface area contributed by atoms with Gasteiger partial charge in [0.15, 0.2) is 0 Å². The summed E-state index contributed by atoms with van der Waals surface area (Å²) in [5.41, 5.74) is 0. The maximum atomic E-state index is 2.43.